The van der Waals surface area contributed by atoms with E-state index in [-0.39, 0.29) is 0 Å². The van der Waals surface area contributed by atoms with Crippen LogP contribution in [0.1, 0.15) is 15.9 Å². The average molecular weight is 252 g/mol. The maximum Gasteiger partial charge on any atom is 0.150 e. The Labute approximate surface area is 110 Å². The van der Waals surface area contributed by atoms with Gasteiger partial charge in [0.2, 0.25) is 0 Å². The van der Waals surface area contributed by atoms with E-state index in [0.717, 1.165) is 27.9 Å². The second kappa shape index (κ2) is 4.39. The number of carbonyl (C=O) groups is 1. The quantitative estimate of drug-likeness (QED) is 0.605. The average Bonchev–Trinajstić information content (AvgIpc) is 2.82. The molecule has 0 fully saturated rings. The second-order valence-electron chi connectivity index (χ2n) is 4.36. The summed E-state index contributed by atoms with van der Waals surface area (Å²) in [4.78, 5) is 12.3. The molecular formula is C16H12OS. The van der Waals surface area contributed by atoms with Gasteiger partial charge in [-0.15, -0.1) is 11.3 Å². The van der Waals surface area contributed by atoms with Gasteiger partial charge in [-0.05, 0) is 30.5 Å². The highest BCUT2D eigenvalue weighted by molar-refractivity contribution is 7.22. The normalized spacial score (nSPS) is 10.7. The molecule has 3 rings (SSSR count). The number of hydrogen-bond donors (Lipinski definition) is 0. The van der Waals surface area contributed by atoms with Crippen LogP contribution in [0, 0.1) is 6.92 Å². The zero-order chi connectivity index (χ0) is 12.5. The fraction of sp³-hybridized carbons (Fsp3) is 0.0625. The first kappa shape index (κ1) is 11.2. The summed E-state index contributed by atoms with van der Waals surface area (Å²) in [5.41, 5.74) is 2.90. The van der Waals surface area contributed by atoms with Crippen LogP contribution in [0.5, 0.6) is 0 Å². The van der Waals surface area contributed by atoms with E-state index in [0.29, 0.717) is 0 Å². The third-order valence-electron chi connectivity index (χ3n) is 3.03. The number of hydrogen-bond acceptors (Lipinski definition) is 2. The molecule has 0 saturated heterocycles. The molecule has 0 saturated carbocycles. The highest BCUT2D eigenvalue weighted by Crippen LogP contribution is 2.34. The Morgan fingerprint density at radius 2 is 1.89 bits per heavy atom. The van der Waals surface area contributed by atoms with Crippen LogP contribution in [0.2, 0.25) is 0 Å². The van der Waals surface area contributed by atoms with Crippen molar-refractivity contribution in [1.29, 1.82) is 0 Å². The molecule has 2 aromatic carbocycles. The molecule has 88 valence electrons. The number of carbonyl (C=O) groups excluding carboxylic acids is 1. The molecule has 0 amide bonds. The van der Waals surface area contributed by atoms with Crippen LogP contribution >= 0.6 is 11.3 Å². The fourth-order valence-electron chi connectivity index (χ4n) is 2.12. The molecule has 1 aromatic heterocycles. The van der Waals surface area contributed by atoms with Crippen molar-refractivity contribution in [2.75, 3.05) is 0 Å². The van der Waals surface area contributed by atoms with Gasteiger partial charge in [-0.25, -0.2) is 0 Å². The molecule has 3 aromatic rings. The molecule has 0 spiro atoms. The van der Waals surface area contributed by atoms with E-state index < -0.39 is 0 Å². The SMILES string of the molecule is Cc1ccc(-c2cc3ccccc3s2)c(C=O)c1. The lowest BCUT2D eigenvalue weighted by Gasteiger charge is -2.02. The Hall–Kier alpha value is -1.93. The predicted octanol–water partition coefficient (Wildman–Crippen LogP) is 4.69. The zero-order valence-electron chi connectivity index (χ0n) is 10.0. The van der Waals surface area contributed by atoms with E-state index in [2.05, 4.69) is 18.2 Å². The summed E-state index contributed by atoms with van der Waals surface area (Å²) in [6.45, 7) is 2.00. The van der Waals surface area contributed by atoms with E-state index in [9.17, 15) is 4.79 Å². The zero-order valence-corrected chi connectivity index (χ0v) is 10.8. The number of rotatable bonds is 2. The van der Waals surface area contributed by atoms with Gasteiger partial charge >= 0.3 is 0 Å². The summed E-state index contributed by atoms with van der Waals surface area (Å²) in [6.07, 6.45) is 0.937. The predicted molar refractivity (Wildman–Crippen MR) is 77.4 cm³/mol. The first-order valence-electron chi connectivity index (χ1n) is 5.83. The highest BCUT2D eigenvalue weighted by Gasteiger charge is 2.08. The van der Waals surface area contributed by atoms with Gasteiger partial charge in [-0.2, -0.15) is 0 Å². The van der Waals surface area contributed by atoms with Gasteiger partial charge in [0.25, 0.3) is 0 Å². The maximum atomic E-state index is 11.2. The molecule has 1 heterocycles. The van der Waals surface area contributed by atoms with Crippen LogP contribution in [-0.4, -0.2) is 6.29 Å². The van der Waals surface area contributed by atoms with Gasteiger partial charge in [0.05, 0.1) is 0 Å². The largest absolute Gasteiger partial charge is 0.298 e. The summed E-state index contributed by atoms with van der Waals surface area (Å²) in [5, 5.41) is 1.23. The Kier molecular flexibility index (Phi) is 2.73. The first-order chi connectivity index (χ1) is 8.78. The first-order valence-corrected chi connectivity index (χ1v) is 6.64. The fourth-order valence-corrected chi connectivity index (χ4v) is 3.23. The minimum atomic E-state index is 0.765. The molecule has 0 bridgehead atoms. The van der Waals surface area contributed by atoms with Gasteiger partial charge in [0.1, 0.15) is 0 Å². The van der Waals surface area contributed by atoms with Crippen LogP contribution in [0.4, 0.5) is 0 Å². The Bertz CT molecular complexity index is 692. The molecule has 0 N–H and O–H groups in total. The van der Waals surface area contributed by atoms with Crippen LogP contribution in [0.25, 0.3) is 20.5 Å². The van der Waals surface area contributed by atoms with Crippen molar-refractivity contribution in [1.82, 2.24) is 0 Å². The number of benzene rings is 2. The van der Waals surface area contributed by atoms with Crippen molar-refractivity contribution >= 4 is 27.7 Å². The standard InChI is InChI=1S/C16H12OS/c1-11-6-7-14(13(8-11)10-17)16-9-12-4-2-3-5-15(12)18-16/h2-10H,1H3. The van der Waals surface area contributed by atoms with Gasteiger partial charge in [-0.1, -0.05) is 35.9 Å². The molecule has 0 atom stereocenters. The Balaban J connectivity index is 2.22. The lowest BCUT2D eigenvalue weighted by molar-refractivity contribution is 0.112. The van der Waals surface area contributed by atoms with Gasteiger partial charge in [0.15, 0.2) is 6.29 Å². The molecule has 0 aliphatic heterocycles. The molecule has 0 unspecified atom stereocenters. The lowest BCUT2D eigenvalue weighted by Crippen LogP contribution is -1.86. The van der Waals surface area contributed by atoms with Gasteiger partial charge in [-0.3, -0.25) is 4.79 Å². The third-order valence-corrected chi connectivity index (χ3v) is 4.17. The maximum absolute atomic E-state index is 11.2. The third kappa shape index (κ3) is 1.85. The molecule has 0 aliphatic rings. The van der Waals surface area contributed by atoms with E-state index >= 15 is 0 Å². The highest BCUT2D eigenvalue weighted by atomic mass is 32.1. The lowest BCUT2D eigenvalue weighted by atomic mass is 10.0. The van der Waals surface area contributed by atoms with Crippen molar-refractivity contribution in [3.8, 4) is 10.4 Å². The summed E-state index contributed by atoms with van der Waals surface area (Å²) in [6, 6.07) is 16.5. The molecule has 1 nitrogen and oxygen atoms in total. The number of aryl methyl sites for hydroxylation is 1. The van der Waals surface area contributed by atoms with E-state index in [4.69, 9.17) is 0 Å². The summed E-state index contributed by atoms with van der Waals surface area (Å²) in [7, 11) is 0. The second-order valence-corrected chi connectivity index (χ2v) is 5.44. The van der Waals surface area contributed by atoms with Crippen molar-refractivity contribution in [3.05, 3.63) is 59.7 Å². The number of fused-ring (bicyclic) bond motifs is 1. The van der Waals surface area contributed by atoms with Crippen molar-refractivity contribution < 1.29 is 4.79 Å². The van der Waals surface area contributed by atoms with Crippen molar-refractivity contribution in [2.45, 2.75) is 6.92 Å². The van der Waals surface area contributed by atoms with E-state index in [1.54, 1.807) is 11.3 Å². The van der Waals surface area contributed by atoms with Crippen LogP contribution < -0.4 is 0 Å². The summed E-state index contributed by atoms with van der Waals surface area (Å²) >= 11 is 1.73. The van der Waals surface area contributed by atoms with Gasteiger partial charge < -0.3 is 0 Å². The Morgan fingerprint density at radius 1 is 1.06 bits per heavy atom. The molecular weight excluding hydrogens is 240 g/mol. The summed E-state index contributed by atoms with van der Waals surface area (Å²) < 4.78 is 1.25. The minimum absolute atomic E-state index is 0.765. The number of thiophene rings is 1. The molecule has 0 aliphatic carbocycles. The number of aldehydes is 1. The minimum Gasteiger partial charge on any atom is -0.298 e. The van der Waals surface area contributed by atoms with Gasteiger partial charge in [0, 0.05) is 20.7 Å². The topological polar surface area (TPSA) is 17.1 Å². The van der Waals surface area contributed by atoms with Crippen LogP contribution in [-0.2, 0) is 0 Å². The molecule has 2 heteroatoms. The van der Waals surface area contributed by atoms with Crippen LogP contribution in [0.3, 0.4) is 0 Å². The molecule has 18 heavy (non-hydrogen) atoms. The molecule has 0 radical (unpaired) electrons. The van der Waals surface area contributed by atoms with Crippen LogP contribution in [0.15, 0.2) is 48.5 Å². The Morgan fingerprint density at radius 3 is 2.67 bits per heavy atom. The van der Waals surface area contributed by atoms with Crippen molar-refractivity contribution in [2.24, 2.45) is 0 Å². The monoisotopic (exact) mass is 252 g/mol. The van der Waals surface area contributed by atoms with E-state index in [1.165, 1.54) is 10.1 Å². The smallest absolute Gasteiger partial charge is 0.150 e. The summed E-state index contributed by atoms with van der Waals surface area (Å²) in [5.74, 6) is 0. The van der Waals surface area contributed by atoms with E-state index in [1.807, 2.05) is 37.3 Å². The van der Waals surface area contributed by atoms with Crippen molar-refractivity contribution in [3.63, 3.8) is 0 Å².